The first-order valence-corrected chi connectivity index (χ1v) is 7.51. The highest BCUT2D eigenvalue weighted by Crippen LogP contribution is 2.38. The number of hydrogen-bond donors (Lipinski definition) is 2. The minimum atomic E-state index is -0.120. The van der Waals surface area contributed by atoms with Crippen molar-refractivity contribution in [2.75, 3.05) is 40.6 Å². The Bertz CT molecular complexity index is 521. The van der Waals surface area contributed by atoms with E-state index in [1.165, 1.54) is 0 Å². The van der Waals surface area contributed by atoms with Crippen molar-refractivity contribution in [1.82, 2.24) is 0 Å². The number of hydrogen-bond acceptors (Lipinski definition) is 5. The largest absolute Gasteiger partial charge is 0.482 e. The van der Waals surface area contributed by atoms with E-state index >= 15 is 0 Å². The lowest BCUT2D eigenvalue weighted by molar-refractivity contribution is -0.118. The average molecular weight is 279 g/mol. The minimum Gasteiger partial charge on any atom is -0.482 e. The number of anilines is 3. The summed E-state index contributed by atoms with van der Waals surface area (Å²) < 4.78 is 5.37. The number of carbonyl (C=O) groups excluding carboxylic acids is 1. The van der Waals surface area contributed by atoms with Crippen molar-refractivity contribution in [3.8, 4) is 5.75 Å². The van der Waals surface area contributed by atoms with Gasteiger partial charge in [0.25, 0.3) is 5.91 Å². The molecule has 3 N–H and O–H groups in total. The Morgan fingerprint density at radius 1 is 1.53 bits per heavy atom. The fourth-order valence-electron chi connectivity index (χ4n) is 2.46. The van der Waals surface area contributed by atoms with Gasteiger partial charge in [0, 0.05) is 30.2 Å². The summed E-state index contributed by atoms with van der Waals surface area (Å²) in [6.07, 6.45) is 0. The number of nitrogens with one attached hydrogen (secondary N) is 1. The number of thioether (sulfide) groups is 1. The summed E-state index contributed by atoms with van der Waals surface area (Å²) >= 11 is 1.96. The van der Waals surface area contributed by atoms with Gasteiger partial charge in [0.05, 0.1) is 17.1 Å². The van der Waals surface area contributed by atoms with Crippen LogP contribution in [-0.4, -0.2) is 36.6 Å². The van der Waals surface area contributed by atoms with Crippen molar-refractivity contribution < 1.29 is 9.53 Å². The number of nitrogens with two attached hydrogens (primary N) is 1. The van der Waals surface area contributed by atoms with Crippen LogP contribution in [0.5, 0.6) is 5.75 Å². The van der Waals surface area contributed by atoms with Gasteiger partial charge in [-0.25, -0.2) is 0 Å². The average Bonchev–Trinajstić information content (AvgIpc) is 2.39. The summed E-state index contributed by atoms with van der Waals surface area (Å²) in [6.45, 7) is 3.23. The van der Waals surface area contributed by atoms with Crippen LogP contribution in [0, 0.1) is 0 Å². The van der Waals surface area contributed by atoms with Crippen LogP contribution in [0.25, 0.3) is 0 Å². The van der Waals surface area contributed by atoms with E-state index in [0.717, 1.165) is 23.7 Å². The molecule has 2 heterocycles. The molecule has 5 nitrogen and oxygen atoms in total. The maximum Gasteiger partial charge on any atom is 0.262 e. The molecule has 3 rings (SSSR count). The van der Waals surface area contributed by atoms with Gasteiger partial charge in [-0.3, -0.25) is 4.79 Å². The molecule has 1 unspecified atom stereocenters. The smallest absolute Gasteiger partial charge is 0.262 e. The fourth-order valence-corrected chi connectivity index (χ4v) is 3.48. The zero-order valence-electron chi connectivity index (χ0n) is 10.8. The predicted molar refractivity (Wildman–Crippen MR) is 79.1 cm³/mol. The molecule has 0 aromatic heterocycles. The van der Waals surface area contributed by atoms with Crippen LogP contribution in [0.2, 0.25) is 0 Å². The lowest BCUT2D eigenvalue weighted by Gasteiger charge is -2.36. The summed E-state index contributed by atoms with van der Waals surface area (Å²) in [5.74, 6) is 2.73. The molecule has 1 saturated heterocycles. The van der Waals surface area contributed by atoms with Gasteiger partial charge >= 0.3 is 0 Å². The Labute approximate surface area is 116 Å². The molecular formula is C13H17N3O2S. The highest BCUT2D eigenvalue weighted by Gasteiger charge is 2.24. The number of ether oxygens (including phenoxy) is 1. The summed E-state index contributed by atoms with van der Waals surface area (Å²) in [6, 6.07) is 4.17. The number of nitrogen functional groups attached to an aromatic ring is 1. The van der Waals surface area contributed by atoms with E-state index in [0.29, 0.717) is 23.2 Å². The topological polar surface area (TPSA) is 67.6 Å². The number of benzene rings is 1. The van der Waals surface area contributed by atoms with Gasteiger partial charge in [0.2, 0.25) is 0 Å². The Kier molecular flexibility index (Phi) is 3.18. The van der Waals surface area contributed by atoms with Gasteiger partial charge in [-0.05, 0) is 13.0 Å². The third kappa shape index (κ3) is 2.32. The zero-order chi connectivity index (χ0) is 13.4. The molecule has 0 aliphatic carbocycles. The summed E-state index contributed by atoms with van der Waals surface area (Å²) in [5, 5.41) is 2.83. The van der Waals surface area contributed by atoms with Crippen LogP contribution < -0.4 is 20.7 Å². The van der Waals surface area contributed by atoms with Crippen LogP contribution in [0.4, 0.5) is 17.1 Å². The zero-order valence-corrected chi connectivity index (χ0v) is 11.6. The number of nitrogens with zero attached hydrogens (tertiary/aromatic N) is 1. The maximum atomic E-state index is 11.4. The maximum absolute atomic E-state index is 11.4. The molecule has 1 atom stereocenters. The molecule has 2 aliphatic rings. The second-order valence-electron chi connectivity index (χ2n) is 4.86. The van der Waals surface area contributed by atoms with E-state index in [1.54, 1.807) is 6.07 Å². The molecule has 1 fully saturated rings. The molecule has 19 heavy (non-hydrogen) atoms. The number of rotatable bonds is 1. The Morgan fingerprint density at radius 2 is 2.37 bits per heavy atom. The molecule has 6 heteroatoms. The molecule has 0 bridgehead atoms. The lowest BCUT2D eigenvalue weighted by Crippen LogP contribution is -2.41. The van der Waals surface area contributed by atoms with Crippen molar-refractivity contribution in [3.05, 3.63) is 12.1 Å². The van der Waals surface area contributed by atoms with Gasteiger partial charge in [-0.2, -0.15) is 11.8 Å². The van der Waals surface area contributed by atoms with E-state index in [4.69, 9.17) is 10.5 Å². The van der Waals surface area contributed by atoms with Gasteiger partial charge < -0.3 is 20.7 Å². The Morgan fingerprint density at radius 3 is 3.16 bits per heavy atom. The number of fused-ring (bicyclic) bond motifs is 1. The van der Waals surface area contributed by atoms with Crippen molar-refractivity contribution in [1.29, 1.82) is 0 Å². The van der Waals surface area contributed by atoms with Crippen molar-refractivity contribution in [2.45, 2.75) is 13.0 Å². The quantitative estimate of drug-likeness (QED) is 0.763. The number of amides is 1. The van der Waals surface area contributed by atoms with Crippen molar-refractivity contribution in [2.24, 2.45) is 0 Å². The summed E-state index contributed by atoms with van der Waals surface area (Å²) in [7, 11) is 0. The second kappa shape index (κ2) is 4.85. The summed E-state index contributed by atoms with van der Waals surface area (Å²) in [4.78, 5) is 13.7. The molecule has 0 spiro atoms. The minimum absolute atomic E-state index is 0.0581. The molecule has 102 valence electrons. The third-order valence-corrected chi connectivity index (χ3v) is 4.63. The van der Waals surface area contributed by atoms with E-state index in [-0.39, 0.29) is 12.5 Å². The van der Waals surface area contributed by atoms with Gasteiger partial charge in [-0.15, -0.1) is 0 Å². The monoisotopic (exact) mass is 279 g/mol. The van der Waals surface area contributed by atoms with E-state index < -0.39 is 0 Å². The summed E-state index contributed by atoms with van der Waals surface area (Å²) in [5.41, 5.74) is 8.53. The molecule has 1 amide bonds. The van der Waals surface area contributed by atoms with Gasteiger partial charge in [0.15, 0.2) is 6.61 Å². The van der Waals surface area contributed by atoms with Crippen LogP contribution >= 0.6 is 11.8 Å². The van der Waals surface area contributed by atoms with E-state index in [9.17, 15) is 4.79 Å². The van der Waals surface area contributed by atoms with Crippen LogP contribution in [0.1, 0.15) is 6.92 Å². The van der Waals surface area contributed by atoms with Gasteiger partial charge in [-0.1, -0.05) is 0 Å². The Hall–Kier alpha value is -1.56. The molecular weight excluding hydrogens is 262 g/mol. The van der Waals surface area contributed by atoms with Crippen molar-refractivity contribution in [3.63, 3.8) is 0 Å². The lowest BCUT2D eigenvalue weighted by atomic mass is 10.1. The first kappa shape index (κ1) is 12.5. The molecule has 2 aliphatic heterocycles. The van der Waals surface area contributed by atoms with Gasteiger partial charge in [0.1, 0.15) is 5.75 Å². The number of carbonyl (C=O) groups is 1. The fraction of sp³-hybridized carbons (Fsp3) is 0.462. The first-order chi connectivity index (χ1) is 9.15. The molecule has 0 radical (unpaired) electrons. The van der Waals surface area contributed by atoms with Crippen LogP contribution in [0.3, 0.4) is 0 Å². The highest BCUT2D eigenvalue weighted by atomic mass is 32.2. The predicted octanol–water partition coefficient (Wildman–Crippen LogP) is 1.54. The van der Waals surface area contributed by atoms with Crippen LogP contribution in [-0.2, 0) is 4.79 Å². The second-order valence-corrected chi connectivity index (χ2v) is 6.01. The molecule has 1 aromatic rings. The molecule has 0 saturated carbocycles. The highest BCUT2D eigenvalue weighted by molar-refractivity contribution is 7.99. The normalized spacial score (nSPS) is 22.5. The first-order valence-electron chi connectivity index (χ1n) is 6.35. The standard InChI is InChI=1S/C13H17N3O2S/c1-8-7-19-3-2-16(8)11-5-10-12(4-9(11)14)18-6-13(17)15-10/h4-5,8H,2-3,6-7,14H2,1H3,(H,15,17). The molecule has 1 aromatic carbocycles. The van der Waals surface area contributed by atoms with E-state index in [2.05, 4.69) is 17.1 Å². The van der Waals surface area contributed by atoms with Crippen molar-refractivity contribution >= 4 is 34.7 Å². The van der Waals surface area contributed by atoms with Crippen LogP contribution in [0.15, 0.2) is 12.1 Å². The third-order valence-electron chi connectivity index (χ3n) is 3.44. The SMILES string of the molecule is CC1CSCCN1c1cc2c(cc1N)OCC(=O)N2. The van der Waals surface area contributed by atoms with E-state index in [1.807, 2.05) is 17.8 Å². The Balaban J connectivity index is 1.97.